The summed E-state index contributed by atoms with van der Waals surface area (Å²) in [5.41, 5.74) is 0.463. The van der Waals surface area contributed by atoms with Crippen LogP contribution in [0.4, 0.5) is 0 Å². The fraction of sp³-hybridized carbons (Fsp3) is 0.381. The number of carbonyl (C=O) groups excluding carboxylic acids is 1. The van der Waals surface area contributed by atoms with Gasteiger partial charge < -0.3 is 23.1 Å². The van der Waals surface area contributed by atoms with Gasteiger partial charge in [-0.3, -0.25) is 0 Å². The zero-order chi connectivity index (χ0) is 20.4. The molecule has 0 N–H and O–H groups in total. The summed E-state index contributed by atoms with van der Waals surface area (Å²) in [5, 5.41) is 0. The van der Waals surface area contributed by atoms with Gasteiger partial charge in [0.15, 0.2) is 0 Å². The van der Waals surface area contributed by atoms with Crippen molar-refractivity contribution in [3.05, 3.63) is 54.1 Å². The lowest BCUT2D eigenvalue weighted by Gasteiger charge is -2.22. The van der Waals surface area contributed by atoms with Gasteiger partial charge in [-0.1, -0.05) is 0 Å². The molecule has 0 bridgehead atoms. The Morgan fingerprint density at radius 1 is 0.821 bits per heavy atom. The molecule has 0 atom stereocenters. The smallest absolute Gasteiger partial charge is 0.343 e. The summed E-state index contributed by atoms with van der Waals surface area (Å²) >= 11 is 0. The van der Waals surface area contributed by atoms with Crippen LogP contribution in [0.2, 0.25) is 12.6 Å². The van der Waals surface area contributed by atoms with Crippen molar-refractivity contribution in [3.63, 3.8) is 0 Å². The van der Waals surface area contributed by atoms with Crippen LogP contribution in [0.5, 0.6) is 17.2 Å². The van der Waals surface area contributed by atoms with Crippen molar-refractivity contribution in [2.75, 3.05) is 27.9 Å². The number of hydrogen-bond donors (Lipinski definition) is 0. The molecular formula is C21H28O6Si. The highest BCUT2D eigenvalue weighted by Crippen LogP contribution is 2.20. The van der Waals surface area contributed by atoms with Gasteiger partial charge in [-0.2, -0.15) is 0 Å². The second-order valence-corrected chi connectivity index (χ2v) is 10.0. The van der Waals surface area contributed by atoms with Crippen molar-refractivity contribution in [2.45, 2.75) is 25.4 Å². The Morgan fingerprint density at radius 2 is 1.39 bits per heavy atom. The molecule has 2 aromatic rings. The molecule has 0 amide bonds. The van der Waals surface area contributed by atoms with Gasteiger partial charge in [0, 0.05) is 14.2 Å². The van der Waals surface area contributed by atoms with Crippen LogP contribution in [-0.4, -0.2) is 42.5 Å². The van der Waals surface area contributed by atoms with Gasteiger partial charge in [0.25, 0.3) is 0 Å². The van der Waals surface area contributed by atoms with Crippen LogP contribution >= 0.6 is 0 Å². The topological polar surface area (TPSA) is 63.2 Å². The number of ether oxygens (including phenoxy) is 3. The van der Waals surface area contributed by atoms with Crippen molar-refractivity contribution in [2.24, 2.45) is 0 Å². The third kappa shape index (κ3) is 6.67. The van der Waals surface area contributed by atoms with Gasteiger partial charge in [0.05, 0.1) is 19.3 Å². The van der Waals surface area contributed by atoms with E-state index in [0.29, 0.717) is 23.7 Å². The maximum atomic E-state index is 12.2. The molecule has 0 saturated carbocycles. The third-order valence-electron chi connectivity index (χ3n) is 4.52. The quantitative estimate of drug-likeness (QED) is 0.239. The van der Waals surface area contributed by atoms with E-state index in [9.17, 15) is 4.79 Å². The van der Waals surface area contributed by atoms with Crippen LogP contribution in [0.3, 0.4) is 0 Å². The largest absolute Gasteiger partial charge is 0.497 e. The first-order valence-corrected chi connectivity index (χ1v) is 11.7. The van der Waals surface area contributed by atoms with Crippen LogP contribution in [0.15, 0.2) is 48.5 Å². The van der Waals surface area contributed by atoms with Gasteiger partial charge in [-0.05, 0) is 74.0 Å². The standard InChI is InChI=1S/C21H28O6Si/c1-23-18-11-13-20(14-12-18)27-21(22)17-7-9-19(10-8-17)26-15-5-6-16-28(4,24-2)25-3/h7-14H,5-6,15-16H2,1-4H3. The van der Waals surface area contributed by atoms with Gasteiger partial charge in [0.2, 0.25) is 0 Å². The number of carbonyl (C=O) groups is 1. The van der Waals surface area contributed by atoms with E-state index >= 15 is 0 Å². The summed E-state index contributed by atoms with van der Waals surface area (Å²) < 4.78 is 27.1. The lowest BCUT2D eigenvalue weighted by molar-refractivity contribution is 0.0734. The Kier molecular flexibility index (Phi) is 8.50. The molecule has 6 nitrogen and oxygen atoms in total. The fourth-order valence-electron chi connectivity index (χ4n) is 2.52. The number of benzene rings is 2. The maximum Gasteiger partial charge on any atom is 0.343 e. The van der Waals surface area contributed by atoms with E-state index in [-0.39, 0.29) is 0 Å². The molecule has 0 fully saturated rings. The van der Waals surface area contributed by atoms with Crippen molar-refractivity contribution in [3.8, 4) is 17.2 Å². The van der Waals surface area contributed by atoms with E-state index < -0.39 is 14.5 Å². The fourth-order valence-corrected chi connectivity index (χ4v) is 3.99. The van der Waals surface area contributed by atoms with Crippen LogP contribution < -0.4 is 14.2 Å². The van der Waals surface area contributed by atoms with Crippen LogP contribution in [0.1, 0.15) is 23.2 Å². The second kappa shape index (κ2) is 10.8. The Labute approximate surface area is 167 Å². The van der Waals surface area contributed by atoms with Crippen LogP contribution in [0, 0.1) is 0 Å². The van der Waals surface area contributed by atoms with Gasteiger partial charge in [-0.15, -0.1) is 0 Å². The van der Waals surface area contributed by atoms with Gasteiger partial charge in [-0.25, -0.2) is 4.79 Å². The summed E-state index contributed by atoms with van der Waals surface area (Å²) in [6.07, 6.45) is 1.90. The molecule has 0 saturated heterocycles. The van der Waals surface area contributed by atoms with E-state index in [4.69, 9.17) is 23.1 Å². The van der Waals surface area contributed by atoms with E-state index in [1.54, 1.807) is 69.9 Å². The predicted molar refractivity (Wildman–Crippen MR) is 110 cm³/mol. The monoisotopic (exact) mass is 404 g/mol. The van der Waals surface area contributed by atoms with E-state index in [0.717, 1.165) is 24.6 Å². The van der Waals surface area contributed by atoms with Gasteiger partial charge in [0.1, 0.15) is 17.2 Å². The van der Waals surface area contributed by atoms with E-state index in [1.807, 2.05) is 0 Å². The molecule has 0 heterocycles. The first-order chi connectivity index (χ1) is 13.5. The highest BCUT2D eigenvalue weighted by atomic mass is 28.4. The Hall–Kier alpha value is -2.35. The third-order valence-corrected chi connectivity index (χ3v) is 7.51. The molecule has 0 aliphatic rings. The summed E-state index contributed by atoms with van der Waals surface area (Å²) in [4.78, 5) is 12.2. The molecule has 7 heteroatoms. The molecule has 0 aliphatic carbocycles. The summed E-state index contributed by atoms with van der Waals surface area (Å²) in [6.45, 7) is 2.66. The highest BCUT2D eigenvalue weighted by molar-refractivity contribution is 6.65. The number of esters is 1. The zero-order valence-electron chi connectivity index (χ0n) is 16.9. The first kappa shape index (κ1) is 21.9. The molecule has 28 heavy (non-hydrogen) atoms. The average molecular weight is 405 g/mol. The highest BCUT2D eigenvalue weighted by Gasteiger charge is 2.27. The summed E-state index contributed by atoms with van der Waals surface area (Å²) in [7, 11) is 2.99. The first-order valence-electron chi connectivity index (χ1n) is 9.19. The summed E-state index contributed by atoms with van der Waals surface area (Å²) in [6, 6.07) is 14.7. The van der Waals surface area contributed by atoms with Crippen molar-refractivity contribution < 1.29 is 27.9 Å². The lowest BCUT2D eigenvalue weighted by Crippen LogP contribution is -2.35. The molecule has 2 rings (SSSR count). The number of rotatable bonds is 11. The SMILES string of the molecule is COc1ccc(OC(=O)c2ccc(OCCCC[Si](C)(OC)OC)cc2)cc1. The minimum atomic E-state index is -2.00. The average Bonchev–Trinajstić information content (AvgIpc) is 2.74. The van der Waals surface area contributed by atoms with Crippen LogP contribution in [0.25, 0.3) is 0 Å². The molecule has 0 aliphatic heterocycles. The molecule has 152 valence electrons. The van der Waals surface area contributed by atoms with Gasteiger partial charge >= 0.3 is 14.5 Å². The minimum Gasteiger partial charge on any atom is -0.497 e. The maximum absolute atomic E-state index is 12.2. The van der Waals surface area contributed by atoms with E-state index in [1.165, 1.54) is 0 Å². The Morgan fingerprint density at radius 3 is 1.96 bits per heavy atom. The van der Waals surface area contributed by atoms with Crippen molar-refractivity contribution in [1.82, 2.24) is 0 Å². The molecular weight excluding hydrogens is 376 g/mol. The zero-order valence-corrected chi connectivity index (χ0v) is 17.9. The van der Waals surface area contributed by atoms with Crippen LogP contribution in [-0.2, 0) is 8.85 Å². The normalized spacial score (nSPS) is 11.1. The number of hydrogen-bond acceptors (Lipinski definition) is 6. The molecule has 0 aromatic heterocycles. The Bertz CT molecular complexity index is 726. The lowest BCUT2D eigenvalue weighted by atomic mass is 10.2. The Balaban J connectivity index is 1.76. The second-order valence-electron chi connectivity index (χ2n) is 6.44. The van der Waals surface area contributed by atoms with E-state index in [2.05, 4.69) is 6.55 Å². The van der Waals surface area contributed by atoms with Crippen molar-refractivity contribution >= 4 is 14.5 Å². The number of methoxy groups -OCH3 is 1. The molecule has 0 unspecified atom stereocenters. The summed E-state index contributed by atoms with van der Waals surface area (Å²) in [5.74, 6) is 1.48. The predicted octanol–water partition coefficient (Wildman–Crippen LogP) is 4.44. The molecule has 2 aromatic carbocycles. The van der Waals surface area contributed by atoms with Crippen molar-refractivity contribution in [1.29, 1.82) is 0 Å². The molecule has 0 radical (unpaired) electrons. The minimum absolute atomic E-state index is 0.417. The molecule has 0 spiro atoms. The number of unbranched alkanes of at least 4 members (excludes halogenated alkanes) is 1.